The third-order valence-corrected chi connectivity index (χ3v) is 4.66. The number of rotatable bonds is 6. The van der Waals surface area contributed by atoms with E-state index in [0.29, 0.717) is 12.1 Å². The number of nitrogens with zero attached hydrogens (tertiary/aromatic N) is 4. The van der Waals surface area contributed by atoms with E-state index in [1.807, 2.05) is 19.1 Å². The first kappa shape index (κ1) is 17.6. The Morgan fingerprint density at radius 2 is 2.04 bits per heavy atom. The molecule has 0 radical (unpaired) electrons. The summed E-state index contributed by atoms with van der Waals surface area (Å²) in [5, 5.41) is 16.8. The molecule has 1 fully saturated rings. The van der Waals surface area contributed by atoms with Crippen LogP contribution in [0.4, 0.5) is 0 Å². The highest BCUT2D eigenvalue weighted by Gasteiger charge is 2.17. The van der Waals surface area contributed by atoms with Crippen LogP contribution in [-0.2, 0) is 0 Å². The van der Waals surface area contributed by atoms with Gasteiger partial charge in [-0.1, -0.05) is 0 Å². The zero-order chi connectivity index (χ0) is 17.6. The molecule has 2 aromatic rings. The average molecular weight is 343 g/mol. The largest absolute Gasteiger partial charge is 0.393 e. The predicted molar refractivity (Wildman–Crippen MR) is 94.7 cm³/mol. The molecular formula is C18H25N5O2. The fourth-order valence-electron chi connectivity index (χ4n) is 3.12. The van der Waals surface area contributed by atoms with Crippen LogP contribution in [0.15, 0.2) is 30.7 Å². The summed E-state index contributed by atoms with van der Waals surface area (Å²) in [5.74, 6) is -0.0909. The molecule has 7 heteroatoms. The number of carbonyl (C=O) groups excluding carboxylic acids is 1. The number of piperidine rings is 1. The molecule has 0 spiro atoms. The Kier molecular flexibility index (Phi) is 5.78. The molecule has 7 nitrogen and oxygen atoms in total. The third kappa shape index (κ3) is 4.43. The lowest BCUT2D eigenvalue weighted by molar-refractivity contribution is 0.0816. The maximum absolute atomic E-state index is 12.4. The Balaban J connectivity index is 1.48. The molecular weight excluding hydrogens is 318 g/mol. The first-order valence-electron chi connectivity index (χ1n) is 8.79. The van der Waals surface area contributed by atoms with Crippen molar-refractivity contribution in [2.45, 2.75) is 32.3 Å². The predicted octanol–water partition coefficient (Wildman–Crippen LogP) is 1.15. The van der Waals surface area contributed by atoms with Crippen LogP contribution < -0.4 is 5.32 Å². The Hall–Kier alpha value is -2.25. The zero-order valence-corrected chi connectivity index (χ0v) is 14.6. The van der Waals surface area contributed by atoms with E-state index in [2.05, 4.69) is 20.3 Å². The molecule has 0 unspecified atom stereocenters. The monoisotopic (exact) mass is 343 g/mol. The number of aliphatic hydroxyl groups is 1. The van der Waals surface area contributed by atoms with Gasteiger partial charge in [-0.3, -0.25) is 9.78 Å². The quantitative estimate of drug-likeness (QED) is 0.769. The molecule has 3 heterocycles. The van der Waals surface area contributed by atoms with Gasteiger partial charge in [0.2, 0.25) is 0 Å². The molecule has 1 aliphatic heterocycles. The van der Waals surface area contributed by atoms with Crippen LogP contribution in [0.1, 0.15) is 35.3 Å². The van der Waals surface area contributed by atoms with Gasteiger partial charge in [-0.15, -0.1) is 0 Å². The van der Waals surface area contributed by atoms with Crippen LogP contribution in [0.2, 0.25) is 0 Å². The molecule has 0 saturated carbocycles. The Morgan fingerprint density at radius 3 is 2.76 bits per heavy atom. The molecule has 1 amide bonds. The second-order valence-electron chi connectivity index (χ2n) is 6.44. The van der Waals surface area contributed by atoms with Gasteiger partial charge < -0.3 is 15.3 Å². The maximum atomic E-state index is 12.4. The van der Waals surface area contributed by atoms with Crippen molar-refractivity contribution in [2.75, 3.05) is 26.2 Å². The van der Waals surface area contributed by atoms with Crippen molar-refractivity contribution >= 4 is 5.91 Å². The molecule has 1 saturated heterocycles. The van der Waals surface area contributed by atoms with Gasteiger partial charge in [0.25, 0.3) is 5.91 Å². The van der Waals surface area contributed by atoms with E-state index in [9.17, 15) is 9.90 Å². The van der Waals surface area contributed by atoms with Gasteiger partial charge in [-0.2, -0.15) is 5.10 Å². The van der Waals surface area contributed by atoms with E-state index < -0.39 is 0 Å². The van der Waals surface area contributed by atoms with E-state index >= 15 is 0 Å². The van der Waals surface area contributed by atoms with Gasteiger partial charge in [0.1, 0.15) is 0 Å². The molecule has 1 aliphatic rings. The smallest absolute Gasteiger partial charge is 0.254 e. The minimum absolute atomic E-state index is 0.0909. The third-order valence-electron chi connectivity index (χ3n) is 4.66. The molecule has 0 aliphatic carbocycles. The molecule has 0 bridgehead atoms. The van der Waals surface area contributed by atoms with Crippen LogP contribution in [0.5, 0.6) is 0 Å². The molecule has 3 rings (SSSR count). The number of nitrogens with one attached hydrogen (secondary N) is 1. The summed E-state index contributed by atoms with van der Waals surface area (Å²) in [6, 6.07) is 3.72. The van der Waals surface area contributed by atoms with Crippen molar-refractivity contribution in [2.24, 2.45) is 0 Å². The first-order valence-corrected chi connectivity index (χ1v) is 8.79. The highest BCUT2D eigenvalue weighted by atomic mass is 16.3. The molecule has 25 heavy (non-hydrogen) atoms. The number of aliphatic hydroxyl groups excluding tert-OH is 1. The zero-order valence-electron chi connectivity index (χ0n) is 14.6. The second-order valence-corrected chi connectivity index (χ2v) is 6.44. The molecule has 134 valence electrons. The van der Waals surface area contributed by atoms with Crippen molar-refractivity contribution < 1.29 is 9.90 Å². The summed E-state index contributed by atoms with van der Waals surface area (Å²) in [5.41, 5.74) is 2.30. The maximum Gasteiger partial charge on any atom is 0.254 e. The summed E-state index contributed by atoms with van der Waals surface area (Å²) in [6.45, 7) is 5.35. The summed E-state index contributed by atoms with van der Waals surface area (Å²) >= 11 is 0. The van der Waals surface area contributed by atoms with Crippen molar-refractivity contribution in [3.8, 4) is 5.69 Å². The van der Waals surface area contributed by atoms with Gasteiger partial charge >= 0.3 is 0 Å². The number of aromatic nitrogens is 3. The summed E-state index contributed by atoms with van der Waals surface area (Å²) in [4.78, 5) is 18.7. The standard InChI is InChI=1S/C18H25N5O2/c1-14-17(13-21-23(14)15-3-8-19-9-4-15)18(25)20-7-2-10-22-11-5-16(24)6-12-22/h3-4,8-9,13,16,24H,2,5-7,10-12H2,1H3,(H,20,25). The average Bonchev–Trinajstić information content (AvgIpc) is 3.02. The van der Waals surface area contributed by atoms with Crippen molar-refractivity contribution in [1.82, 2.24) is 25.0 Å². The molecule has 0 aromatic carbocycles. The summed E-state index contributed by atoms with van der Waals surface area (Å²) < 4.78 is 1.75. The Morgan fingerprint density at radius 1 is 1.32 bits per heavy atom. The summed E-state index contributed by atoms with van der Waals surface area (Å²) in [6.07, 6.45) is 7.47. The van der Waals surface area contributed by atoms with E-state index in [1.165, 1.54) is 0 Å². The van der Waals surface area contributed by atoms with Crippen LogP contribution in [0.3, 0.4) is 0 Å². The number of hydrogen-bond donors (Lipinski definition) is 2. The lowest BCUT2D eigenvalue weighted by Gasteiger charge is -2.29. The second kappa shape index (κ2) is 8.22. The van der Waals surface area contributed by atoms with Crippen molar-refractivity contribution in [1.29, 1.82) is 0 Å². The minimum atomic E-state index is -0.143. The lowest BCUT2D eigenvalue weighted by Crippen LogP contribution is -2.37. The van der Waals surface area contributed by atoms with E-state index in [-0.39, 0.29) is 12.0 Å². The molecule has 2 aromatic heterocycles. The normalized spacial score (nSPS) is 16.1. The van der Waals surface area contributed by atoms with Crippen LogP contribution >= 0.6 is 0 Å². The van der Waals surface area contributed by atoms with Crippen LogP contribution in [0, 0.1) is 6.92 Å². The first-order chi connectivity index (χ1) is 12.1. The van der Waals surface area contributed by atoms with E-state index in [1.54, 1.807) is 23.3 Å². The highest BCUT2D eigenvalue weighted by molar-refractivity contribution is 5.95. The number of hydrogen-bond acceptors (Lipinski definition) is 5. The summed E-state index contributed by atoms with van der Waals surface area (Å²) in [7, 11) is 0. The van der Waals surface area contributed by atoms with E-state index in [0.717, 1.165) is 50.3 Å². The molecule has 0 atom stereocenters. The fourth-order valence-corrected chi connectivity index (χ4v) is 3.12. The Bertz CT molecular complexity index is 693. The van der Waals surface area contributed by atoms with Gasteiger partial charge in [0.05, 0.1) is 29.2 Å². The lowest BCUT2D eigenvalue weighted by atomic mass is 10.1. The number of pyridine rings is 1. The fraction of sp³-hybridized carbons (Fsp3) is 0.500. The minimum Gasteiger partial charge on any atom is -0.393 e. The van der Waals surface area contributed by atoms with Crippen molar-refractivity contribution in [3.63, 3.8) is 0 Å². The van der Waals surface area contributed by atoms with Crippen LogP contribution in [0.25, 0.3) is 5.69 Å². The van der Waals surface area contributed by atoms with Crippen LogP contribution in [-0.4, -0.2) is 63.0 Å². The van der Waals surface area contributed by atoms with Gasteiger partial charge in [-0.25, -0.2) is 4.68 Å². The molecule has 2 N–H and O–H groups in total. The SMILES string of the molecule is Cc1c(C(=O)NCCCN2CCC(O)CC2)cnn1-c1ccncc1. The number of amides is 1. The van der Waals surface area contributed by atoms with Gasteiger partial charge in [0, 0.05) is 32.0 Å². The number of likely N-dealkylation sites (tertiary alicyclic amines) is 1. The van der Waals surface area contributed by atoms with Crippen molar-refractivity contribution in [3.05, 3.63) is 42.0 Å². The van der Waals surface area contributed by atoms with Gasteiger partial charge in [-0.05, 0) is 44.9 Å². The van der Waals surface area contributed by atoms with Gasteiger partial charge in [0.15, 0.2) is 0 Å². The topological polar surface area (TPSA) is 83.3 Å². The highest BCUT2D eigenvalue weighted by Crippen LogP contribution is 2.13. The van der Waals surface area contributed by atoms with E-state index in [4.69, 9.17) is 0 Å². The Labute approximate surface area is 147 Å². The number of carbonyl (C=O) groups is 1.